The number of hydrogen-bond acceptors (Lipinski definition) is 4. The average Bonchev–Trinajstić information content (AvgIpc) is 3.20. The predicted octanol–water partition coefficient (Wildman–Crippen LogP) is 3.35. The van der Waals surface area contributed by atoms with E-state index in [9.17, 15) is 4.79 Å². The topological polar surface area (TPSA) is 63.2 Å². The highest BCUT2D eigenvalue weighted by Crippen LogP contribution is 2.28. The van der Waals surface area contributed by atoms with E-state index in [0.717, 1.165) is 35.2 Å². The van der Waals surface area contributed by atoms with Gasteiger partial charge in [0.25, 0.3) is 0 Å². The maximum absolute atomic E-state index is 11.9. The van der Waals surface area contributed by atoms with Crippen LogP contribution >= 0.6 is 0 Å². The van der Waals surface area contributed by atoms with Crippen LogP contribution in [-0.2, 0) is 4.79 Å². The second-order valence-electron chi connectivity index (χ2n) is 6.37. The van der Waals surface area contributed by atoms with Crippen molar-refractivity contribution in [2.24, 2.45) is 0 Å². The zero-order valence-corrected chi connectivity index (χ0v) is 15.2. The van der Waals surface area contributed by atoms with E-state index in [1.807, 2.05) is 49.9 Å². The molecule has 5 heteroatoms. The molecule has 1 aromatic carbocycles. The highest BCUT2D eigenvalue weighted by Gasteiger charge is 2.23. The number of aromatic nitrogens is 1. The Labute approximate surface area is 155 Å². The van der Waals surface area contributed by atoms with Gasteiger partial charge in [0, 0.05) is 30.2 Å². The van der Waals surface area contributed by atoms with Crippen LogP contribution in [0.2, 0.25) is 0 Å². The van der Waals surface area contributed by atoms with Gasteiger partial charge in [0.2, 0.25) is 5.91 Å². The number of hydrogen-bond donors (Lipinski definition) is 2. The van der Waals surface area contributed by atoms with Crippen molar-refractivity contribution in [3.63, 3.8) is 0 Å². The molecule has 1 heterocycles. The SMILES string of the molecule is COc1cc(NC(C)CCCNC(=O)[C]2[CH][CH][CH][CH]2)c2ncccc2c1. The Kier molecular flexibility index (Phi) is 6.31. The lowest BCUT2D eigenvalue weighted by Gasteiger charge is -2.18. The number of nitrogens with one attached hydrogen (secondary N) is 2. The number of nitrogens with zero attached hydrogens (tertiary/aromatic N) is 1. The van der Waals surface area contributed by atoms with E-state index < -0.39 is 0 Å². The molecule has 3 rings (SSSR count). The van der Waals surface area contributed by atoms with E-state index in [2.05, 4.69) is 22.5 Å². The van der Waals surface area contributed by atoms with Gasteiger partial charge < -0.3 is 15.4 Å². The minimum absolute atomic E-state index is 0.0152. The Balaban J connectivity index is 1.51. The van der Waals surface area contributed by atoms with Crippen LogP contribution in [0.3, 0.4) is 0 Å². The van der Waals surface area contributed by atoms with Gasteiger partial charge in [-0.2, -0.15) is 0 Å². The fourth-order valence-electron chi connectivity index (χ4n) is 2.97. The highest BCUT2D eigenvalue weighted by atomic mass is 16.5. The van der Waals surface area contributed by atoms with Crippen LogP contribution in [0.5, 0.6) is 5.75 Å². The number of ether oxygens (including phenoxy) is 1. The summed E-state index contributed by atoms with van der Waals surface area (Å²) in [6, 6.07) is 8.16. The summed E-state index contributed by atoms with van der Waals surface area (Å²) in [4.78, 5) is 16.4. The molecular formula is C21H24N3O2. The molecule has 1 amide bonds. The number of carbonyl (C=O) groups is 1. The van der Waals surface area contributed by atoms with Crippen LogP contribution in [0.1, 0.15) is 19.8 Å². The molecule has 0 saturated heterocycles. The Morgan fingerprint density at radius 3 is 2.85 bits per heavy atom. The molecule has 1 aliphatic carbocycles. The fourth-order valence-corrected chi connectivity index (χ4v) is 2.97. The minimum Gasteiger partial charge on any atom is -0.497 e. The molecule has 0 bridgehead atoms. The van der Waals surface area contributed by atoms with E-state index in [4.69, 9.17) is 4.74 Å². The van der Waals surface area contributed by atoms with E-state index in [-0.39, 0.29) is 11.9 Å². The third-order valence-corrected chi connectivity index (χ3v) is 4.34. The summed E-state index contributed by atoms with van der Waals surface area (Å²) in [5.41, 5.74) is 1.90. The standard InChI is InChI=1S/C21H24N3O2/c1-15(7-5-12-23-21(25)16-8-3-4-9-16)24-19-14-18(26-2)13-17-10-6-11-22-20(17)19/h3-4,6,8-11,13-15,24H,5,7,12H2,1-2H3,(H,23,25). The number of anilines is 1. The molecule has 1 aromatic heterocycles. The molecule has 1 saturated carbocycles. The first kappa shape index (κ1) is 18.5. The molecule has 2 N–H and O–H groups in total. The molecule has 0 aliphatic heterocycles. The largest absolute Gasteiger partial charge is 0.497 e. The van der Waals surface area contributed by atoms with Crippen molar-refractivity contribution in [1.82, 2.24) is 10.3 Å². The van der Waals surface area contributed by atoms with Gasteiger partial charge in [0.15, 0.2) is 0 Å². The van der Waals surface area contributed by atoms with Gasteiger partial charge in [0.1, 0.15) is 5.75 Å². The van der Waals surface area contributed by atoms with Crippen molar-refractivity contribution >= 4 is 22.5 Å². The first-order chi connectivity index (χ1) is 12.7. The van der Waals surface area contributed by atoms with Gasteiger partial charge in [-0.1, -0.05) is 6.07 Å². The van der Waals surface area contributed by atoms with Crippen molar-refractivity contribution in [1.29, 1.82) is 0 Å². The average molecular weight is 350 g/mol. The molecular weight excluding hydrogens is 326 g/mol. The summed E-state index contributed by atoms with van der Waals surface area (Å²) in [7, 11) is 1.67. The molecule has 1 aliphatic rings. The summed E-state index contributed by atoms with van der Waals surface area (Å²) in [5.74, 6) is 1.51. The van der Waals surface area contributed by atoms with Gasteiger partial charge in [-0.05, 0) is 57.6 Å². The predicted molar refractivity (Wildman–Crippen MR) is 104 cm³/mol. The third kappa shape index (κ3) is 4.65. The normalized spacial score (nSPS) is 15.8. The van der Waals surface area contributed by atoms with Crippen molar-refractivity contribution in [2.75, 3.05) is 19.0 Å². The van der Waals surface area contributed by atoms with Crippen LogP contribution in [0.4, 0.5) is 5.69 Å². The van der Waals surface area contributed by atoms with Gasteiger partial charge in [-0.15, -0.1) is 0 Å². The molecule has 5 nitrogen and oxygen atoms in total. The Hall–Kier alpha value is -2.30. The monoisotopic (exact) mass is 350 g/mol. The number of pyridine rings is 1. The number of methoxy groups -OCH3 is 1. The summed E-state index contributed by atoms with van der Waals surface area (Å²) in [6.45, 7) is 2.79. The Morgan fingerprint density at radius 2 is 2.08 bits per heavy atom. The van der Waals surface area contributed by atoms with Crippen molar-refractivity contribution in [2.45, 2.75) is 25.8 Å². The second-order valence-corrected chi connectivity index (χ2v) is 6.37. The summed E-state index contributed by atoms with van der Waals surface area (Å²) in [5, 5.41) is 7.52. The van der Waals surface area contributed by atoms with E-state index in [0.29, 0.717) is 12.5 Å². The molecule has 1 atom stereocenters. The molecule has 1 fully saturated rings. The molecule has 5 radical (unpaired) electrons. The van der Waals surface area contributed by atoms with Crippen LogP contribution in [0.15, 0.2) is 30.5 Å². The smallest absolute Gasteiger partial charge is 0.227 e. The maximum atomic E-state index is 11.9. The summed E-state index contributed by atoms with van der Waals surface area (Å²) < 4.78 is 5.39. The molecule has 135 valence electrons. The number of carbonyl (C=O) groups excluding carboxylic acids is 1. The summed E-state index contributed by atoms with van der Waals surface area (Å²) in [6.07, 6.45) is 11.0. The zero-order chi connectivity index (χ0) is 18.4. The van der Waals surface area contributed by atoms with Crippen molar-refractivity contribution < 1.29 is 9.53 Å². The van der Waals surface area contributed by atoms with Crippen LogP contribution < -0.4 is 15.4 Å². The minimum atomic E-state index is -0.0152. The van der Waals surface area contributed by atoms with Crippen LogP contribution in [0, 0.1) is 31.6 Å². The van der Waals surface area contributed by atoms with Crippen LogP contribution in [0.25, 0.3) is 10.9 Å². The second kappa shape index (κ2) is 8.88. The lowest BCUT2D eigenvalue weighted by atomic mass is 10.1. The first-order valence-corrected chi connectivity index (χ1v) is 8.86. The first-order valence-electron chi connectivity index (χ1n) is 8.86. The lowest BCUT2D eigenvalue weighted by molar-refractivity contribution is -0.118. The number of benzene rings is 1. The quantitative estimate of drug-likeness (QED) is 0.717. The zero-order valence-electron chi connectivity index (χ0n) is 15.2. The van der Waals surface area contributed by atoms with Gasteiger partial charge in [-0.3, -0.25) is 9.78 Å². The fraction of sp³-hybridized carbons (Fsp3) is 0.286. The Bertz CT molecular complexity index is 741. The van der Waals surface area contributed by atoms with Gasteiger partial charge >= 0.3 is 0 Å². The molecule has 2 aromatic rings. The molecule has 0 spiro atoms. The Morgan fingerprint density at radius 1 is 1.27 bits per heavy atom. The van der Waals surface area contributed by atoms with E-state index >= 15 is 0 Å². The van der Waals surface area contributed by atoms with Crippen molar-refractivity contribution in [3.8, 4) is 5.75 Å². The molecule has 26 heavy (non-hydrogen) atoms. The lowest BCUT2D eigenvalue weighted by Crippen LogP contribution is -2.30. The number of amides is 1. The summed E-state index contributed by atoms with van der Waals surface area (Å²) >= 11 is 0. The maximum Gasteiger partial charge on any atom is 0.227 e. The highest BCUT2D eigenvalue weighted by molar-refractivity contribution is 5.95. The van der Waals surface area contributed by atoms with Gasteiger partial charge in [0.05, 0.1) is 24.2 Å². The number of fused-ring (bicyclic) bond motifs is 1. The van der Waals surface area contributed by atoms with E-state index in [1.54, 1.807) is 13.3 Å². The van der Waals surface area contributed by atoms with E-state index in [1.165, 1.54) is 0 Å². The van der Waals surface area contributed by atoms with Crippen LogP contribution in [-0.4, -0.2) is 30.6 Å². The molecule has 1 unspecified atom stereocenters. The third-order valence-electron chi connectivity index (χ3n) is 4.34. The van der Waals surface area contributed by atoms with Gasteiger partial charge in [-0.25, -0.2) is 0 Å². The van der Waals surface area contributed by atoms with Crippen molar-refractivity contribution in [3.05, 3.63) is 62.1 Å². The number of rotatable bonds is 8.